The summed E-state index contributed by atoms with van der Waals surface area (Å²) in [6.45, 7) is -0.252. The van der Waals surface area contributed by atoms with Gasteiger partial charge in [-0.2, -0.15) is 0 Å². The minimum atomic E-state index is -0.619. The summed E-state index contributed by atoms with van der Waals surface area (Å²) < 4.78 is 21.0. The van der Waals surface area contributed by atoms with Gasteiger partial charge in [-0.15, -0.1) is 0 Å². The summed E-state index contributed by atoms with van der Waals surface area (Å²) in [7, 11) is 1.48. The number of ketones is 1. The van der Waals surface area contributed by atoms with Crippen molar-refractivity contribution in [1.82, 2.24) is 0 Å². The zero-order valence-electron chi connectivity index (χ0n) is 14.6. The molecule has 0 radical (unpaired) electrons. The van der Waals surface area contributed by atoms with Crippen LogP contribution in [0.2, 0.25) is 0 Å². The number of carbonyl (C=O) groups is 2. The van der Waals surface area contributed by atoms with Crippen LogP contribution in [0.5, 0.6) is 17.2 Å². The van der Waals surface area contributed by atoms with Crippen molar-refractivity contribution in [1.29, 1.82) is 0 Å². The van der Waals surface area contributed by atoms with E-state index >= 15 is 0 Å². The third kappa shape index (κ3) is 3.29. The molecule has 0 saturated heterocycles. The Morgan fingerprint density at radius 2 is 1.70 bits per heavy atom. The first-order valence-corrected chi connectivity index (χ1v) is 8.32. The quantitative estimate of drug-likeness (QED) is 0.509. The predicted octanol–water partition coefficient (Wildman–Crippen LogP) is 3.62. The van der Waals surface area contributed by atoms with Crippen molar-refractivity contribution < 1.29 is 28.5 Å². The molecule has 4 rings (SSSR count). The summed E-state index contributed by atoms with van der Waals surface area (Å²) >= 11 is 0. The fourth-order valence-corrected chi connectivity index (χ4v) is 2.91. The second-order valence-electron chi connectivity index (χ2n) is 5.97. The van der Waals surface area contributed by atoms with Crippen LogP contribution in [0.4, 0.5) is 0 Å². The Balaban J connectivity index is 1.50. The topological polar surface area (TPSA) is 71.1 Å². The van der Waals surface area contributed by atoms with Crippen LogP contribution >= 0.6 is 0 Å². The number of esters is 1. The van der Waals surface area contributed by atoms with Crippen molar-refractivity contribution in [3.63, 3.8) is 0 Å². The smallest absolute Gasteiger partial charge is 0.342 e. The van der Waals surface area contributed by atoms with Gasteiger partial charge in [-0.25, -0.2) is 4.79 Å². The Morgan fingerprint density at radius 3 is 2.48 bits per heavy atom. The largest absolute Gasteiger partial charge is 0.496 e. The summed E-state index contributed by atoms with van der Waals surface area (Å²) in [5.41, 5.74) is 0.659. The molecule has 0 bridgehead atoms. The molecule has 3 aromatic carbocycles. The second-order valence-corrected chi connectivity index (χ2v) is 5.97. The Labute approximate surface area is 155 Å². The van der Waals surface area contributed by atoms with Crippen molar-refractivity contribution in [3.8, 4) is 17.2 Å². The Morgan fingerprint density at radius 1 is 0.963 bits per heavy atom. The van der Waals surface area contributed by atoms with Gasteiger partial charge in [0.1, 0.15) is 11.3 Å². The molecule has 0 aliphatic carbocycles. The molecule has 0 aromatic heterocycles. The van der Waals surface area contributed by atoms with Crippen LogP contribution in [0.25, 0.3) is 10.8 Å². The maximum absolute atomic E-state index is 12.5. The van der Waals surface area contributed by atoms with Crippen molar-refractivity contribution in [2.45, 2.75) is 0 Å². The Bertz CT molecular complexity index is 1040. The zero-order valence-corrected chi connectivity index (χ0v) is 14.6. The molecule has 0 unspecified atom stereocenters. The Kier molecular flexibility index (Phi) is 4.38. The van der Waals surface area contributed by atoms with E-state index in [0.717, 1.165) is 10.8 Å². The monoisotopic (exact) mass is 364 g/mol. The second kappa shape index (κ2) is 6.99. The van der Waals surface area contributed by atoms with E-state index in [4.69, 9.17) is 18.9 Å². The maximum Gasteiger partial charge on any atom is 0.342 e. The van der Waals surface area contributed by atoms with E-state index in [9.17, 15) is 9.59 Å². The van der Waals surface area contributed by atoms with Crippen molar-refractivity contribution in [3.05, 3.63) is 65.7 Å². The fourth-order valence-electron chi connectivity index (χ4n) is 2.91. The van der Waals surface area contributed by atoms with E-state index in [-0.39, 0.29) is 24.7 Å². The molecule has 3 aromatic rings. The van der Waals surface area contributed by atoms with Gasteiger partial charge in [0.25, 0.3) is 0 Å². The third-order valence-corrected chi connectivity index (χ3v) is 4.32. The Hall–Kier alpha value is -3.54. The van der Waals surface area contributed by atoms with Crippen LogP contribution in [0.15, 0.2) is 54.6 Å². The lowest BCUT2D eigenvalue weighted by molar-refractivity contribution is 0.0472. The highest BCUT2D eigenvalue weighted by atomic mass is 16.7. The van der Waals surface area contributed by atoms with E-state index in [2.05, 4.69) is 0 Å². The van der Waals surface area contributed by atoms with Crippen molar-refractivity contribution >= 4 is 22.5 Å². The minimum Gasteiger partial charge on any atom is -0.496 e. The van der Waals surface area contributed by atoms with Gasteiger partial charge in [-0.1, -0.05) is 24.3 Å². The predicted molar refractivity (Wildman–Crippen MR) is 97.7 cm³/mol. The highest BCUT2D eigenvalue weighted by molar-refractivity contribution is 6.02. The number of methoxy groups -OCH3 is 1. The first-order valence-electron chi connectivity index (χ1n) is 8.32. The standard InChI is InChI=1S/C21H16O6/c1-24-19-9-14-5-3-2-4-13(14)8-16(19)21(23)25-11-17(22)15-6-7-18-20(10-15)27-12-26-18/h2-10H,11-12H2,1H3. The average molecular weight is 364 g/mol. The number of rotatable bonds is 5. The van der Waals surface area contributed by atoms with Gasteiger partial charge in [-0.3, -0.25) is 4.79 Å². The van der Waals surface area contributed by atoms with Gasteiger partial charge >= 0.3 is 5.97 Å². The minimum absolute atomic E-state index is 0.129. The molecular weight excluding hydrogens is 348 g/mol. The summed E-state index contributed by atoms with van der Waals surface area (Å²) in [6.07, 6.45) is 0. The van der Waals surface area contributed by atoms with Crippen LogP contribution in [-0.2, 0) is 4.74 Å². The lowest BCUT2D eigenvalue weighted by Gasteiger charge is -2.10. The highest BCUT2D eigenvalue weighted by Crippen LogP contribution is 2.32. The molecular formula is C21H16O6. The molecule has 0 saturated carbocycles. The van der Waals surface area contributed by atoms with E-state index < -0.39 is 5.97 Å². The number of fused-ring (bicyclic) bond motifs is 2. The average Bonchev–Trinajstić information content (AvgIpc) is 3.18. The normalized spacial score (nSPS) is 12.0. The highest BCUT2D eigenvalue weighted by Gasteiger charge is 2.19. The molecule has 0 spiro atoms. The molecule has 6 heteroatoms. The molecule has 0 N–H and O–H groups in total. The number of hydrogen-bond acceptors (Lipinski definition) is 6. The van der Waals surface area contributed by atoms with Gasteiger partial charge in [0.15, 0.2) is 23.9 Å². The lowest BCUT2D eigenvalue weighted by Crippen LogP contribution is -2.15. The molecule has 136 valence electrons. The van der Waals surface area contributed by atoms with Crippen LogP contribution in [0.3, 0.4) is 0 Å². The van der Waals surface area contributed by atoms with Gasteiger partial charge in [0.2, 0.25) is 6.79 Å². The van der Waals surface area contributed by atoms with Crippen LogP contribution < -0.4 is 14.2 Å². The summed E-state index contributed by atoms with van der Waals surface area (Å²) in [5, 5.41) is 1.83. The van der Waals surface area contributed by atoms with Crippen LogP contribution in [0, 0.1) is 0 Å². The molecule has 6 nitrogen and oxygen atoms in total. The molecule has 1 aliphatic heterocycles. The molecule has 0 amide bonds. The molecule has 1 heterocycles. The van der Waals surface area contributed by atoms with Crippen LogP contribution in [-0.4, -0.2) is 32.3 Å². The SMILES string of the molecule is COc1cc2ccccc2cc1C(=O)OCC(=O)c1ccc2c(c1)OCO2. The van der Waals surface area contributed by atoms with E-state index in [1.165, 1.54) is 7.11 Å². The van der Waals surface area contributed by atoms with Crippen LogP contribution in [0.1, 0.15) is 20.7 Å². The molecule has 0 atom stereocenters. The van der Waals surface area contributed by atoms with Gasteiger partial charge in [0.05, 0.1) is 7.11 Å². The fraction of sp³-hybridized carbons (Fsp3) is 0.143. The van der Waals surface area contributed by atoms with Crippen molar-refractivity contribution in [2.75, 3.05) is 20.5 Å². The maximum atomic E-state index is 12.5. The van der Waals surface area contributed by atoms with E-state index in [1.807, 2.05) is 24.3 Å². The summed E-state index contributed by atoms with van der Waals surface area (Å²) in [4.78, 5) is 24.8. The number of ether oxygens (including phenoxy) is 4. The van der Waals surface area contributed by atoms with Gasteiger partial charge in [-0.05, 0) is 41.1 Å². The number of hydrogen-bond donors (Lipinski definition) is 0. The van der Waals surface area contributed by atoms with Gasteiger partial charge in [0, 0.05) is 5.56 Å². The summed E-state index contributed by atoms with van der Waals surface area (Å²) in [6, 6.07) is 15.9. The molecule has 1 aliphatic rings. The summed E-state index contributed by atoms with van der Waals surface area (Å²) in [5.74, 6) is 0.537. The number of carbonyl (C=O) groups excluding carboxylic acids is 2. The zero-order chi connectivity index (χ0) is 18.8. The molecule has 0 fully saturated rings. The first-order chi connectivity index (χ1) is 13.2. The lowest BCUT2D eigenvalue weighted by atomic mass is 10.1. The number of Topliss-reactive ketones (excluding diaryl/α,β-unsaturated/α-hetero) is 1. The van der Waals surface area contributed by atoms with E-state index in [1.54, 1.807) is 30.3 Å². The van der Waals surface area contributed by atoms with Crippen molar-refractivity contribution in [2.24, 2.45) is 0 Å². The van der Waals surface area contributed by atoms with Gasteiger partial charge < -0.3 is 18.9 Å². The molecule has 27 heavy (non-hydrogen) atoms. The number of benzene rings is 3. The first kappa shape index (κ1) is 16.9. The van der Waals surface area contributed by atoms with E-state index in [0.29, 0.717) is 22.8 Å². The third-order valence-electron chi connectivity index (χ3n) is 4.32.